The number of hydrogen-bond donors (Lipinski definition) is 2. The van der Waals surface area contributed by atoms with Crippen molar-refractivity contribution in [2.24, 2.45) is 12.5 Å². The molecular weight excluding hydrogens is 234 g/mol. The maximum Gasteiger partial charge on any atom is 0.309 e. The summed E-state index contributed by atoms with van der Waals surface area (Å²) in [5.41, 5.74) is 0.365. The van der Waals surface area contributed by atoms with Crippen LogP contribution in [0.4, 0.5) is 5.69 Å². The van der Waals surface area contributed by atoms with Crippen molar-refractivity contribution in [1.82, 2.24) is 9.78 Å². The lowest BCUT2D eigenvalue weighted by atomic mass is 9.89. The number of aryl methyl sites for hydroxylation is 2. The van der Waals surface area contributed by atoms with Crippen LogP contribution in [-0.4, -0.2) is 26.8 Å². The Morgan fingerprint density at radius 2 is 2.11 bits per heavy atom. The molecule has 0 aliphatic carbocycles. The van der Waals surface area contributed by atoms with E-state index in [0.29, 0.717) is 12.1 Å². The molecule has 6 nitrogen and oxygen atoms in total. The molecule has 1 amide bonds. The predicted octanol–water partition coefficient (Wildman–Crippen LogP) is 1.42. The SMILES string of the molecule is CCc1nn(C)cc1NC(=O)CC(C)(C)C(=O)O. The third-order valence-electron chi connectivity index (χ3n) is 2.70. The lowest BCUT2D eigenvalue weighted by molar-refractivity contribution is -0.148. The molecule has 1 aromatic rings. The summed E-state index contributed by atoms with van der Waals surface area (Å²) in [6.45, 7) is 5.00. The van der Waals surface area contributed by atoms with E-state index in [1.165, 1.54) is 13.8 Å². The van der Waals surface area contributed by atoms with Crippen molar-refractivity contribution in [3.63, 3.8) is 0 Å². The molecular formula is C12H19N3O3. The van der Waals surface area contributed by atoms with Crippen molar-refractivity contribution in [3.8, 4) is 0 Å². The Labute approximate surface area is 106 Å². The molecule has 0 aliphatic heterocycles. The molecule has 0 aliphatic rings. The van der Waals surface area contributed by atoms with Crippen molar-refractivity contribution in [3.05, 3.63) is 11.9 Å². The van der Waals surface area contributed by atoms with E-state index in [1.54, 1.807) is 17.9 Å². The van der Waals surface area contributed by atoms with Gasteiger partial charge in [-0.2, -0.15) is 5.10 Å². The van der Waals surface area contributed by atoms with E-state index >= 15 is 0 Å². The van der Waals surface area contributed by atoms with Crippen LogP contribution in [0, 0.1) is 5.41 Å². The molecule has 0 spiro atoms. The normalized spacial score (nSPS) is 11.3. The maximum absolute atomic E-state index is 11.8. The molecule has 0 fully saturated rings. The number of amides is 1. The summed E-state index contributed by atoms with van der Waals surface area (Å²) in [5, 5.41) is 15.9. The second kappa shape index (κ2) is 5.20. The van der Waals surface area contributed by atoms with E-state index in [9.17, 15) is 9.59 Å². The van der Waals surface area contributed by atoms with Crippen LogP contribution >= 0.6 is 0 Å². The lowest BCUT2D eigenvalue weighted by Crippen LogP contribution is -2.29. The average Bonchev–Trinajstić information content (AvgIpc) is 2.57. The van der Waals surface area contributed by atoms with Crippen molar-refractivity contribution in [1.29, 1.82) is 0 Å². The average molecular weight is 253 g/mol. The fraction of sp³-hybridized carbons (Fsp3) is 0.583. The second-order valence-electron chi connectivity index (χ2n) is 4.93. The molecule has 1 aromatic heterocycles. The highest BCUT2D eigenvalue weighted by Gasteiger charge is 2.30. The molecule has 0 bridgehead atoms. The number of nitrogens with one attached hydrogen (secondary N) is 1. The summed E-state index contributed by atoms with van der Waals surface area (Å²) in [6, 6.07) is 0. The number of carbonyl (C=O) groups excluding carboxylic acids is 1. The van der Waals surface area contributed by atoms with Gasteiger partial charge in [-0.1, -0.05) is 6.92 Å². The van der Waals surface area contributed by atoms with Crippen LogP contribution in [0.2, 0.25) is 0 Å². The fourth-order valence-electron chi connectivity index (χ4n) is 1.57. The molecule has 1 rings (SSSR count). The van der Waals surface area contributed by atoms with Gasteiger partial charge >= 0.3 is 5.97 Å². The summed E-state index contributed by atoms with van der Waals surface area (Å²) in [7, 11) is 1.77. The van der Waals surface area contributed by atoms with Gasteiger partial charge in [-0.15, -0.1) is 0 Å². The quantitative estimate of drug-likeness (QED) is 0.831. The molecule has 0 radical (unpaired) electrons. The van der Waals surface area contributed by atoms with Gasteiger partial charge in [-0.05, 0) is 20.3 Å². The Morgan fingerprint density at radius 3 is 2.61 bits per heavy atom. The molecule has 2 N–H and O–H groups in total. The number of nitrogens with zero attached hydrogens (tertiary/aromatic N) is 2. The Kier molecular flexibility index (Phi) is 4.11. The predicted molar refractivity (Wildman–Crippen MR) is 67.2 cm³/mol. The van der Waals surface area contributed by atoms with Crippen LogP contribution in [0.5, 0.6) is 0 Å². The van der Waals surface area contributed by atoms with Crippen LogP contribution in [0.15, 0.2) is 6.20 Å². The van der Waals surface area contributed by atoms with Gasteiger partial charge in [-0.25, -0.2) is 0 Å². The van der Waals surface area contributed by atoms with Crippen molar-refractivity contribution < 1.29 is 14.7 Å². The zero-order valence-electron chi connectivity index (χ0n) is 11.1. The summed E-state index contributed by atoms with van der Waals surface area (Å²) < 4.78 is 1.62. The monoisotopic (exact) mass is 253 g/mol. The van der Waals surface area contributed by atoms with Gasteiger partial charge in [0.2, 0.25) is 5.91 Å². The molecule has 6 heteroatoms. The zero-order valence-corrected chi connectivity index (χ0v) is 11.1. The minimum atomic E-state index is -1.07. The van der Waals surface area contributed by atoms with Crippen LogP contribution in [0.1, 0.15) is 32.9 Å². The Morgan fingerprint density at radius 1 is 1.50 bits per heavy atom. The van der Waals surface area contributed by atoms with Crippen molar-refractivity contribution >= 4 is 17.6 Å². The summed E-state index contributed by atoms with van der Waals surface area (Å²) >= 11 is 0. The van der Waals surface area contributed by atoms with Gasteiger partial charge < -0.3 is 10.4 Å². The number of anilines is 1. The summed E-state index contributed by atoms with van der Waals surface area (Å²) in [4.78, 5) is 22.7. The van der Waals surface area contributed by atoms with Gasteiger partial charge in [0.15, 0.2) is 0 Å². The number of carbonyl (C=O) groups is 2. The van der Waals surface area contributed by atoms with Crippen LogP contribution in [0.3, 0.4) is 0 Å². The second-order valence-corrected chi connectivity index (χ2v) is 4.93. The molecule has 100 valence electrons. The first kappa shape index (κ1) is 14.2. The van der Waals surface area contributed by atoms with Crippen molar-refractivity contribution in [2.75, 3.05) is 5.32 Å². The topological polar surface area (TPSA) is 84.2 Å². The smallest absolute Gasteiger partial charge is 0.309 e. The van der Waals surface area contributed by atoms with Gasteiger partial charge in [0, 0.05) is 19.7 Å². The van der Waals surface area contributed by atoms with Gasteiger partial charge in [0.1, 0.15) is 0 Å². The first-order chi connectivity index (χ1) is 8.26. The van der Waals surface area contributed by atoms with E-state index in [1.807, 2.05) is 6.92 Å². The molecule has 0 saturated carbocycles. The highest BCUT2D eigenvalue weighted by molar-refractivity contribution is 5.94. The van der Waals surface area contributed by atoms with Gasteiger partial charge in [-0.3, -0.25) is 14.3 Å². The number of carboxylic acid groups (broad SMARTS) is 1. The molecule has 18 heavy (non-hydrogen) atoms. The van der Waals surface area contributed by atoms with Gasteiger partial charge in [0.05, 0.1) is 16.8 Å². The molecule has 1 heterocycles. The highest BCUT2D eigenvalue weighted by Crippen LogP contribution is 2.22. The molecule has 0 unspecified atom stereocenters. The van der Waals surface area contributed by atoms with E-state index in [4.69, 9.17) is 5.11 Å². The number of hydrogen-bond acceptors (Lipinski definition) is 3. The lowest BCUT2D eigenvalue weighted by Gasteiger charge is -2.17. The third-order valence-corrected chi connectivity index (χ3v) is 2.70. The van der Waals surface area contributed by atoms with Crippen LogP contribution in [0.25, 0.3) is 0 Å². The largest absolute Gasteiger partial charge is 0.481 e. The Hall–Kier alpha value is -1.85. The number of carboxylic acids is 1. The minimum Gasteiger partial charge on any atom is -0.481 e. The Bertz CT molecular complexity index is 463. The summed E-state index contributed by atoms with van der Waals surface area (Å²) in [5.74, 6) is -1.30. The van der Waals surface area contributed by atoms with Crippen LogP contribution in [-0.2, 0) is 23.1 Å². The van der Waals surface area contributed by atoms with E-state index < -0.39 is 11.4 Å². The summed E-state index contributed by atoms with van der Waals surface area (Å²) in [6.07, 6.45) is 2.35. The number of aromatic nitrogens is 2. The number of rotatable bonds is 5. The zero-order chi connectivity index (χ0) is 13.9. The van der Waals surface area contributed by atoms with Crippen LogP contribution < -0.4 is 5.32 Å². The van der Waals surface area contributed by atoms with E-state index in [2.05, 4.69) is 10.4 Å². The molecule has 0 atom stereocenters. The standard InChI is InChI=1S/C12H19N3O3/c1-5-8-9(7-15(4)14-8)13-10(16)6-12(2,3)11(17)18/h7H,5-6H2,1-4H3,(H,13,16)(H,17,18). The fourth-order valence-corrected chi connectivity index (χ4v) is 1.57. The van der Waals surface area contributed by atoms with Crippen molar-refractivity contribution in [2.45, 2.75) is 33.6 Å². The molecule has 0 aromatic carbocycles. The van der Waals surface area contributed by atoms with Gasteiger partial charge in [0.25, 0.3) is 0 Å². The Balaban J connectivity index is 2.73. The van der Waals surface area contributed by atoms with E-state index in [0.717, 1.165) is 5.69 Å². The first-order valence-electron chi connectivity index (χ1n) is 5.82. The maximum atomic E-state index is 11.8. The molecule has 0 saturated heterocycles. The van der Waals surface area contributed by atoms with E-state index in [-0.39, 0.29) is 12.3 Å². The number of aliphatic carboxylic acids is 1. The minimum absolute atomic E-state index is 0.0691. The third kappa shape index (κ3) is 3.32. The highest BCUT2D eigenvalue weighted by atomic mass is 16.4. The first-order valence-corrected chi connectivity index (χ1v) is 5.82.